The van der Waals surface area contributed by atoms with E-state index in [0.717, 1.165) is 12.0 Å². The number of fused-ring (bicyclic) bond motifs is 2. The molecule has 0 aliphatic carbocycles. The first-order valence-electron chi connectivity index (χ1n) is 12.4. The molecule has 190 valence electrons. The third-order valence-electron chi connectivity index (χ3n) is 6.68. The summed E-state index contributed by atoms with van der Waals surface area (Å²) in [5.41, 5.74) is 2.26. The minimum Gasteiger partial charge on any atom is -0.496 e. The smallest absolute Gasteiger partial charge is 0.342 e. The van der Waals surface area contributed by atoms with Gasteiger partial charge in [-0.1, -0.05) is 30.4 Å². The van der Waals surface area contributed by atoms with Gasteiger partial charge in [0.2, 0.25) is 0 Å². The molecule has 0 N–H and O–H groups in total. The average Bonchev–Trinajstić information content (AvgIpc) is 2.86. The predicted molar refractivity (Wildman–Crippen MR) is 135 cm³/mol. The number of rotatable bonds is 3. The number of para-hydroxylation sites is 1. The molecule has 1 unspecified atom stereocenters. The number of hydrogen-bond acceptors (Lipinski definition) is 7. The Morgan fingerprint density at radius 2 is 1.78 bits per heavy atom. The molecular formula is C29H32O7. The maximum Gasteiger partial charge on any atom is 0.342 e. The zero-order valence-electron chi connectivity index (χ0n) is 21.0. The van der Waals surface area contributed by atoms with Crippen molar-refractivity contribution in [1.82, 2.24) is 0 Å². The first-order valence-corrected chi connectivity index (χ1v) is 12.4. The topological polar surface area (TPSA) is 88.1 Å². The summed E-state index contributed by atoms with van der Waals surface area (Å²) >= 11 is 0. The number of hydrogen-bond donors (Lipinski definition) is 0. The van der Waals surface area contributed by atoms with Crippen LogP contribution < -0.4 is 14.2 Å². The van der Waals surface area contributed by atoms with Crippen LogP contribution in [0.1, 0.15) is 84.8 Å². The van der Waals surface area contributed by atoms with Crippen molar-refractivity contribution in [2.45, 2.75) is 63.9 Å². The average molecular weight is 493 g/mol. The first kappa shape index (κ1) is 25.5. The van der Waals surface area contributed by atoms with Crippen molar-refractivity contribution in [2.75, 3.05) is 14.2 Å². The number of carbonyl (C=O) groups excluding carboxylic acids is 3. The Morgan fingerprint density at radius 3 is 2.56 bits per heavy atom. The highest BCUT2D eigenvalue weighted by Gasteiger charge is 2.37. The van der Waals surface area contributed by atoms with E-state index in [4.69, 9.17) is 18.9 Å². The van der Waals surface area contributed by atoms with E-state index >= 15 is 0 Å². The van der Waals surface area contributed by atoms with E-state index in [-0.39, 0.29) is 24.3 Å². The second-order valence-electron chi connectivity index (χ2n) is 9.20. The summed E-state index contributed by atoms with van der Waals surface area (Å²) in [4.78, 5) is 38.2. The summed E-state index contributed by atoms with van der Waals surface area (Å²) in [6.45, 7) is 1.83. The molecule has 2 aromatic carbocycles. The summed E-state index contributed by atoms with van der Waals surface area (Å²) in [7, 11) is 3.08. The lowest BCUT2D eigenvalue weighted by Crippen LogP contribution is -2.24. The van der Waals surface area contributed by atoms with E-state index in [9.17, 15) is 14.4 Å². The third-order valence-corrected chi connectivity index (χ3v) is 6.68. The van der Waals surface area contributed by atoms with Gasteiger partial charge in [0.25, 0.3) is 0 Å². The minimum absolute atomic E-state index is 0.0812. The van der Waals surface area contributed by atoms with E-state index < -0.39 is 11.9 Å². The van der Waals surface area contributed by atoms with Gasteiger partial charge in [0.05, 0.1) is 26.7 Å². The SMILES string of the molecule is COc1ccccc1C1CC(=O)Oc2cc3c(c(OC)c21)C(=O)O[C@@H](C)CCCC(=O)CCC/C=C/3. The van der Waals surface area contributed by atoms with Gasteiger partial charge in [-0.2, -0.15) is 0 Å². The maximum absolute atomic E-state index is 13.5. The number of cyclic esters (lactones) is 1. The molecule has 2 aliphatic rings. The van der Waals surface area contributed by atoms with Crippen LogP contribution in [0.15, 0.2) is 36.4 Å². The van der Waals surface area contributed by atoms with E-state index in [1.807, 2.05) is 37.3 Å². The van der Waals surface area contributed by atoms with Crippen molar-refractivity contribution in [3.63, 3.8) is 0 Å². The second kappa shape index (κ2) is 11.4. The van der Waals surface area contributed by atoms with Gasteiger partial charge in [-0.3, -0.25) is 9.59 Å². The van der Waals surface area contributed by atoms with Crippen molar-refractivity contribution in [3.8, 4) is 17.2 Å². The van der Waals surface area contributed by atoms with Gasteiger partial charge in [0, 0.05) is 29.9 Å². The summed E-state index contributed by atoms with van der Waals surface area (Å²) in [5, 5.41) is 0. The van der Waals surface area contributed by atoms with Crippen LogP contribution in [-0.2, 0) is 14.3 Å². The van der Waals surface area contributed by atoms with Crippen LogP contribution in [0.4, 0.5) is 0 Å². The molecule has 0 amide bonds. The fraction of sp³-hybridized carbons (Fsp3) is 0.414. The summed E-state index contributed by atoms with van der Waals surface area (Å²) in [6.07, 6.45) is 7.13. The number of carbonyl (C=O) groups is 3. The monoisotopic (exact) mass is 492 g/mol. The molecule has 0 radical (unpaired) electrons. The molecule has 4 rings (SSSR count). The fourth-order valence-corrected chi connectivity index (χ4v) is 4.93. The van der Waals surface area contributed by atoms with Gasteiger partial charge in [-0.05, 0) is 50.3 Å². The fourth-order valence-electron chi connectivity index (χ4n) is 4.93. The van der Waals surface area contributed by atoms with Gasteiger partial charge >= 0.3 is 11.9 Å². The van der Waals surface area contributed by atoms with E-state index in [0.29, 0.717) is 66.0 Å². The van der Waals surface area contributed by atoms with Crippen LogP contribution in [0.3, 0.4) is 0 Å². The number of ether oxygens (including phenoxy) is 4. The van der Waals surface area contributed by atoms with Gasteiger partial charge < -0.3 is 18.9 Å². The van der Waals surface area contributed by atoms with Crippen molar-refractivity contribution in [2.24, 2.45) is 0 Å². The highest BCUT2D eigenvalue weighted by molar-refractivity contribution is 5.99. The number of Topliss-reactive ketones (excluding diaryl/α,β-unsaturated/α-hetero) is 1. The van der Waals surface area contributed by atoms with Crippen LogP contribution in [0.5, 0.6) is 17.2 Å². The Kier molecular flexibility index (Phi) is 8.08. The third kappa shape index (κ3) is 5.45. The molecule has 2 atom stereocenters. The van der Waals surface area contributed by atoms with Crippen LogP contribution >= 0.6 is 0 Å². The van der Waals surface area contributed by atoms with Crippen LogP contribution in [-0.4, -0.2) is 38.0 Å². The Hall–Kier alpha value is -3.61. The molecule has 0 spiro atoms. The Morgan fingerprint density at radius 1 is 1.00 bits per heavy atom. The van der Waals surface area contributed by atoms with Crippen LogP contribution in [0.25, 0.3) is 6.08 Å². The second-order valence-corrected chi connectivity index (χ2v) is 9.20. The normalized spacial score (nSPS) is 21.8. The summed E-state index contributed by atoms with van der Waals surface area (Å²) in [6, 6.07) is 9.18. The quantitative estimate of drug-likeness (QED) is 0.405. The van der Waals surface area contributed by atoms with Crippen molar-refractivity contribution in [3.05, 3.63) is 58.7 Å². The molecule has 7 nitrogen and oxygen atoms in total. The van der Waals surface area contributed by atoms with Crippen LogP contribution in [0, 0.1) is 0 Å². The van der Waals surface area contributed by atoms with Gasteiger partial charge in [-0.25, -0.2) is 4.79 Å². The molecule has 0 fully saturated rings. The largest absolute Gasteiger partial charge is 0.496 e. The Labute approximate surface area is 211 Å². The molecule has 2 aromatic rings. The van der Waals surface area contributed by atoms with Gasteiger partial charge in [0.1, 0.15) is 28.6 Å². The van der Waals surface area contributed by atoms with Gasteiger partial charge in [0.15, 0.2) is 0 Å². The van der Waals surface area contributed by atoms with Crippen molar-refractivity contribution >= 4 is 23.8 Å². The lowest BCUT2D eigenvalue weighted by atomic mass is 9.83. The number of esters is 2. The molecule has 2 aliphatic heterocycles. The molecule has 0 bridgehead atoms. The van der Waals surface area contributed by atoms with E-state index in [1.165, 1.54) is 7.11 Å². The molecule has 36 heavy (non-hydrogen) atoms. The Balaban J connectivity index is 1.87. The van der Waals surface area contributed by atoms with Crippen molar-refractivity contribution < 1.29 is 33.3 Å². The molecule has 0 saturated heterocycles. The zero-order valence-corrected chi connectivity index (χ0v) is 21.0. The standard InChI is InChI=1S/C29H32O7/c1-18-10-9-13-20(30)12-6-4-5-11-19-16-24-27(28(34-3)26(19)29(32)35-18)22(17-25(31)36-24)21-14-7-8-15-23(21)33-2/h5,7-8,11,14-16,18,22H,4,6,9-10,12-13,17H2,1-3H3/b11-5+/t18-,22?/m0/s1. The molecular weight excluding hydrogens is 460 g/mol. The highest BCUT2D eigenvalue weighted by Crippen LogP contribution is 2.49. The number of methoxy groups -OCH3 is 2. The number of benzene rings is 2. The summed E-state index contributed by atoms with van der Waals surface area (Å²) < 4.78 is 22.9. The number of ketones is 1. The van der Waals surface area contributed by atoms with E-state index in [1.54, 1.807) is 19.3 Å². The molecule has 7 heteroatoms. The van der Waals surface area contributed by atoms with Crippen LogP contribution in [0.2, 0.25) is 0 Å². The van der Waals surface area contributed by atoms with E-state index in [2.05, 4.69) is 0 Å². The highest BCUT2D eigenvalue weighted by atomic mass is 16.5. The predicted octanol–water partition coefficient (Wildman–Crippen LogP) is 5.63. The Bertz CT molecular complexity index is 1180. The first-order chi connectivity index (χ1) is 17.4. The molecule has 2 heterocycles. The minimum atomic E-state index is -0.513. The zero-order chi connectivity index (χ0) is 25.7. The maximum atomic E-state index is 13.5. The lowest BCUT2D eigenvalue weighted by Gasteiger charge is -2.29. The molecule has 0 saturated carbocycles. The van der Waals surface area contributed by atoms with Crippen molar-refractivity contribution in [1.29, 1.82) is 0 Å². The number of allylic oxidation sites excluding steroid dienone is 1. The molecule has 0 aromatic heterocycles. The summed E-state index contributed by atoms with van der Waals surface area (Å²) in [5.74, 6) is 0.224. The lowest BCUT2D eigenvalue weighted by molar-refractivity contribution is -0.135. The van der Waals surface area contributed by atoms with Gasteiger partial charge in [-0.15, -0.1) is 0 Å².